The highest BCUT2D eigenvalue weighted by molar-refractivity contribution is 6.04. The first-order valence-corrected chi connectivity index (χ1v) is 10.3. The van der Waals surface area contributed by atoms with Gasteiger partial charge in [-0.1, -0.05) is 27.4 Å². The maximum atomic E-state index is 13.3. The van der Waals surface area contributed by atoms with Crippen LogP contribution in [0.5, 0.6) is 0 Å². The summed E-state index contributed by atoms with van der Waals surface area (Å²) >= 11 is 0. The maximum Gasteiger partial charge on any atom is 0.302 e. The van der Waals surface area contributed by atoms with Gasteiger partial charge >= 0.3 is 5.97 Å². The molecule has 0 saturated heterocycles. The molecular formula is C22H32O6. The maximum absolute atomic E-state index is 13.3. The van der Waals surface area contributed by atoms with Crippen LogP contribution >= 0.6 is 0 Å². The molecule has 4 aliphatic rings. The molecule has 1 spiro atoms. The topological polar surface area (TPSA) is 104 Å². The number of esters is 1. The van der Waals surface area contributed by atoms with E-state index in [1.165, 1.54) is 6.92 Å². The quantitative estimate of drug-likeness (QED) is 0.463. The normalized spacial score (nSPS) is 52.0. The Labute approximate surface area is 166 Å². The Hall–Kier alpha value is -1.24. The number of ketones is 1. The predicted molar refractivity (Wildman–Crippen MR) is 101 cm³/mol. The monoisotopic (exact) mass is 392 g/mol. The Kier molecular flexibility index (Phi) is 4.22. The van der Waals surface area contributed by atoms with Gasteiger partial charge in [-0.05, 0) is 48.5 Å². The number of Topliss-reactive ketones (excluding diaryl/α,β-unsaturated/α-hetero) is 1. The zero-order chi connectivity index (χ0) is 20.8. The first-order chi connectivity index (χ1) is 12.9. The molecule has 0 aromatic rings. The SMILES string of the molecule is C=C1C(=O)C23C(O)CC4C(C)(C)C(OC(C)=O)CCC4(C)C2CC(O)C1C3O. The Bertz CT molecular complexity index is 743. The lowest BCUT2D eigenvalue weighted by Gasteiger charge is -2.66. The molecule has 4 rings (SSSR count). The van der Waals surface area contributed by atoms with E-state index < -0.39 is 35.1 Å². The molecule has 4 fully saturated rings. The van der Waals surface area contributed by atoms with Crippen LogP contribution in [-0.2, 0) is 14.3 Å². The van der Waals surface area contributed by atoms with Crippen LogP contribution < -0.4 is 0 Å². The number of carbonyl (C=O) groups excluding carboxylic acids is 2. The van der Waals surface area contributed by atoms with Gasteiger partial charge in [0.2, 0.25) is 0 Å². The molecule has 0 aromatic heterocycles. The van der Waals surface area contributed by atoms with Crippen LogP contribution in [-0.4, -0.2) is 51.5 Å². The van der Waals surface area contributed by atoms with Crippen LogP contribution in [0.2, 0.25) is 0 Å². The number of hydrogen-bond donors (Lipinski definition) is 3. The second kappa shape index (κ2) is 5.89. The van der Waals surface area contributed by atoms with E-state index in [-0.39, 0.29) is 40.7 Å². The number of rotatable bonds is 1. The Morgan fingerprint density at radius 2 is 1.79 bits per heavy atom. The molecule has 2 bridgehead atoms. The predicted octanol–water partition coefficient (Wildman–Crippen LogP) is 1.61. The van der Waals surface area contributed by atoms with Crippen LogP contribution in [0.15, 0.2) is 12.2 Å². The number of fused-ring (bicyclic) bond motifs is 3. The van der Waals surface area contributed by atoms with Crippen molar-refractivity contribution in [2.75, 3.05) is 0 Å². The van der Waals surface area contributed by atoms with E-state index in [1.54, 1.807) is 0 Å². The molecule has 156 valence electrons. The smallest absolute Gasteiger partial charge is 0.302 e. The van der Waals surface area contributed by atoms with E-state index in [9.17, 15) is 24.9 Å². The average molecular weight is 392 g/mol. The fraction of sp³-hybridized carbons (Fsp3) is 0.818. The summed E-state index contributed by atoms with van der Waals surface area (Å²) < 4.78 is 5.61. The van der Waals surface area contributed by atoms with Crippen molar-refractivity contribution in [3.8, 4) is 0 Å². The van der Waals surface area contributed by atoms with E-state index >= 15 is 0 Å². The first kappa shape index (κ1) is 20.0. The standard InChI is InChI=1S/C22H32O6/c1-10-17-12(24)8-14-21(5)7-6-16(28-11(2)23)20(3,4)13(21)9-15(25)22(14,18(10)26)19(17)27/h12-17,19,24-25,27H,1,6-9H2,2-5H3. The van der Waals surface area contributed by atoms with Gasteiger partial charge in [0.1, 0.15) is 6.10 Å². The molecule has 6 heteroatoms. The van der Waals surface area contributed by atoms with E-state index in [4.69, 9.17) is 4.74 Å². The van der Waals surface area contributed by atoms with Gasteiger partial charge in [0.25, 0.3) is 0 Å². The zero-order valence-electron chi connectivity index (χ0n) is 17.1. The van der Waals surface area contributed by atoms with Gasteiger partial charge < -0.3 is 20.1 Å². The lowest BCUT2D eigenvalue weighted by molar-refractivity contribution is -0.252. The molecular weight excluding hydrogens is 360 g/mol. The lowest BCUT2D eigenvalue weighted by atomic mass is 9.39. The summed E-state index contributed by atoms with van der Waals surface area (Å²) in [6.45, 7) is 11.5. The Morgan fingerprint density at radius 1 is 1.14 bits per heavy atom. The summed E-state index contributed by atoms with van der Waals surface area (Å²) in [4.78, 5) is 24.9. The third-order valence-electron chi connectivity index (χ3n) is 8.97. The van der Waals surface area contributed by atoms with E-state index in [2.05, 4.69) is 27.4 Å². The van der Waals surface area contributed by atoms with Gasteiger partial charge in [-0.15, -0.1) is 0 Å². The molecule has 4 aliphatic carbocycles. The molecule has 28 heavy (non-hydrogen) atoms. The van der Waals surface area contributed by atoms with Crippen molar-refractivity contribution in [2.24, 2.45) is 34.0 Å². The second-order valence-corrected chi connectivity index (χ2v) is 10.4. The van der Waals surface area contributed by atoms with E-state index in [0.717, 1.165) is 0 Å². The molecule has 9 unspecified atom stereocenters. The van der Waals surface area contributed by atoms with E-state index in [1.807, 2.05) is 0 Å². The van der Waals surface area contributed by atoms with E-state index in [0.29, 0.717) is 25.7 Å². The lowest BCUT2D eigenvalue weighted by Crippen LogP contribution is -2.69. The molecule has 4 saturated carbocycles. The number of aliphatic hydroxyl groups excluding tert-OH is 3. The minimum atomic E-state index is -1.28. The highest BCUT2D eigenvalue weighted by Crippen LogP contribution is 2.71. The van der Waals surface area contributed by atoms with Gasteiger partial charge in [0, 0.05) is 18.3 Å². The van der Waals surface area contributed by atoms with Gasteiger partial charge in [-0.25, -0.2) is 0 Å². The molecule has 9 atom stereocenters. The van der Waals surface area contributed by atoms with Crippen LogP contribution in [0.3, 0.4) is 0 Å². The number of ether oxygens (including phenoxy) is 1. The average Bonchev–Trinajstić information content (AvgIpc) is 2.72. The zero-order valence-corrected chi connectivity index (χ0v) is 17.1. The molecule has 3 N–H and O–H groups in total. The van der Waals surface area contributed by atoms with Crippen molar-refractivity contribution in [1.29, 1.82) is 0 Å². The van der Waals surface area contributed by atoms with Crippen LogP contribution in [0.1, 0.15) is 53.4 Å². The summed E-state index contributed by atoms with van der Waals surface area (Å²) in [5.74, 6) is -1.65. The summed E-state index contributed by atoms with van der Waals surface area (Å²) in [6, 6.07) is 0. The molecule has 0 amide bonds. The summed E-state index contributed by atoms with van der Waals surface area (Å²) in [6.07, 6.45) is -1.13. The Balaban J connectivity index is 1.81. The third kappa shape index (κ3) is 2.14. The molecule has 0 heterocycles. The van der Waals surface area contributed by atoms with Crippen molar-refractivity contribution in [3.05, 3.63) is 12.2 Å². The molecule has 0 aliphatic heterocycles. The van der Waals surface area contributed by atoms with Crippen molar-refractivity contribution in [3.63, 3.8) is 0 Å². The summed E-state index contributed by atoms with van der Waals surface area (Å²) in [7, 11) is 0. The summed E-state index contributed by atoms with van der Waals surface area (Å²) in [5, 5.41) is 33.1. The highest BCUT2D eigenvalue weighted by Gasteiger charge is 2.75. The first-order valence-electron chi connectivity index (χ1n) is 10.3. The van der Waals surface area contributed by atoms with Crippen LogP contribution in [0.4, 0.5) is 0 Å². The van der Waals surface area contributed by atoms with Crippen molar-refractivity contribution in [2.45, 2.75) is 77.8 Å². The number of aliphatic hydroxyl groups is 3. The van der Waals surface area contributed by atoms with Crippen LogP contribution in [0.25, 0.3) is 0 Å². The van der Waals surface area contributed by atoms with Gasteiger partial charge in [0.05, 0.1) is 23.7 Å². The highest BCUT2D eigenvalue weighted by atomic mass is 16.5. The molecule has 0 radical (unpaired) electrons. The van der Waals surface area contributed by atoms with Crippen LogP contribution in [0, 0.1) is 34.0 Å². The van der Waals surface area contributed by atoms with Crippen molar-refractivity contribution >= 4 is 11.8 Å². The Morgan fingerprint density at radius 3 is 2.39 bits per heavy atom. The minimum absolute atomic E-state index is 0.0126. The van der Waals surface area contributed by atoms with Crippen molar-refractivity contribution < 1.29 is 29.6 Å². The molecule has 0 aromatic carbocycles. The number of hydrogen-bond acceptors (Lipinski definition) is 6. The minimum Gasteiger partial charge on any atom is -0.462 e. The second-order valence-electron chi connectivity index (χ2n) is 10.4. The van der Waals surface area contributed by atoms with Gasteiger partial charge in [-0.3, -0.25) is 9.59 Å². The summed E-state index contributed by atoms with van der Waals surface area (Å²) in [5.41, 5.74) is -1.80. The fourth-order valence-corrected chi connectivity index (χ4v) is 7.72. The largest absolute Gasteiger partial charge is 0.462 e. The van der Waals surface area contributed by atoms with Crippen molar-refractivity contribution in [1.82, 2.24) is 0 Å². The third-order valence-corrected chi connectivity index (χ3v) is 8.97. The fourth-order valence-electron chi connectivity index (χ4n) is 7.72. The number of carbonyl (C=O) groups is 2. The molecule has 6 nitrogen and oxygen atoms in total. The van der Waals surface area contributed by atoms with Gasteiger partial charge in [-0.2, -0.15) is 0 Å². The van der Waals surface area contributed by atoms with Gasteiger partial charge in [0.15, 0.2) is 5.78 Å².